The van der Waals surface area contributed by atoms with Gasteiger partial charge >= 0.3 is 0 Å². The van der Waals surface area contributed by atoms with Crippen LogP contribution in [0, 0.1) is 34.5 Å². The Kier molecular flexibility index (Phi) is 3.53. The van der Waals surface area contributed by atoms with Crippen LogP contribution in [0.4, 0.5) is 0 Å². The molecule has 24 heavy (non-hydrogen) atoms. The van der Waals surface area contributed by atoms with Gasteiger partial charge in [-0.25, -0.2) is 0 Å². The first-order chi connectivity index (χ1) is 11.6. The average molecular weight is 329 g/mol. The molecule has 1 saturated heterocycles. The molecule has 1 aliphatic heterocycles. The van der Waals surface area contributed by atoms with Crippen LogP contribution in [0.5, 0.6) is 0 Å². The van der Waals surface area contributed by atoms with Crippen LogP contribution in [0.3, 0.4) is 0 Å². The van der Waals surface area contributed by atoms with Gasteiger partial charge in [0, 0.05) is 18.6 Å². The monoisotopic (exact) mass is 328 g/mol. The fraction of sp³-hybridized carbons (Fsp3) is 0.909. The second-order valence-electron chi connectivity index (χ2n) is 10.1. The minimum atomic E-state index is 0.521. The normalized spacial score (nSPS) is 56.0. The lowest BCUT2D eigenvalue weighted by molar-refractivity contribution is -0.0380. The molecule has 4 aliphatic carbocycles. The summed E-state index contributed by atoms with van der Waals surface area (Å²) in [6.45, 7) is 6.41. The van der Waals surface area contributed by atoms with Crippen molar-refractivity contribution in [1.82, 2.24) is 10.6 Å². The van der Waals surface area contributed by atoms with Crippen LogP contribution in [-0.4, -0.2) is 25.7 Å². The van der Waals surface area contributed by atoms with E-state index in [0.717, 1.165) is 35.8 Å². The molecule has 4 fully saturated rings. The van der Waals surface area contributed by atoms with Crippen LogP contribution < -0.4 is 10.6 Å². The Bertz CT molecular complexity index is 554. The minimum absolute atomic E-state index is 0.521. The molecule has 3 saturated carbocycles. The molecule has 134 valence electrons. The SMILES string of the molecule is CNC1CCC2(C)C(=CCC3C2CCC24CNC(C)C2CCC34)C1. The van der Waals surface area contributed by atoms with Gasteiger partial charge in [0.25, 0.3) is 0 Å². The molecular formula is C22H36N2. The van der Waals surface area contributed by atoms with E-state index in [9.17, 15) is 0 Å². The summed E-state index contributed by atoms with van der Waals surface area (Å²) in [6, 6.07) is 1.49. The predicted molar refractivity (Wildman–Crippen MR) is 99.8 cm³/mol. The van der Waals surface area contributed by atoms with Gasteiger partial charge in [-0.15, -0.1) is 0 Å². The van der Waals surface area contributed by atoms with Crippen molar-refractivity contribution in [3.63, 3.8) is 0 Å². The summed E-state index contributed by atoms with van der Waals surface area (Å²) in [5.74, 6) is 3.94. The molecule has 0 aromatic carbocycles. The zero-order valence-corrected chi connectivity index (χ0v) is 15.9. The van der Waals surface area contributed by atoms with Gasteiger partial charge in [0.05, 0.1) is 0 Å². The standard InChI is InChI=1S/C22H36N2/c1-14-18-6-7-20-17-5-4-15-12-16(23-3)8-10-21(15,2)19(17)9-11-22(18,20)13-24-14/h4,14,16-20,23-24H,5-13H2,1-3H3. The van der Waals surface area contributed by atoms with Crippen molar-refractivity contribution >= 4 is 0 Å². The van der Waals surface area contributed by atoms with Crippen molar-refractivity contribution in [2.45, 2.75) is 77.3 Å². The molecular weight excluding hydrogens is 292 g/mol. The van der Waals surface area contributed by atoms with Gasteiger partial charge in [-0.1, -0.05) is 18.6 Å². The number of rotatable bonds is 1. The molecule has 0 bridgehead atoms. The van der Waals surface area contributed by atoms with E-state index in [0.29, 0.717) is 10.8 Å². The predicted octanol–water partition coefficient (Wildman–Crippen LogP) is 4.13. The highest BCUT2D eigenvalue weighted by molar-refractivity contribution is 5.26. The molecule has 5 rings (SSSR count). The Balaban J connectivity index is 1.46. The largest absolute Gasteiger partial charge is 0.317 e. The second kappa shape index (κ2) is 5.33. The van der Waals surface area contributed by atoms with Crippen LogP contribution in [0.2, 0.25) is 0 Å². The smallest absolute Gasteiger partial charge is 0.0102 e. The molecule has 5 aliphatic rings. The van der Waals surface area contributed by atoms with Crippen LogP contribution in [-0.2, 0) is 0 Å². The van der Waals surface area contributed by atoms with Gasteiger partial charge in [-0.05, 0) is 99.8 Å². The van der Waals surface area contributed by atoms with E-state index in [-0.39, 0.29) is 0 Å². The molecule has 0 amide bonds. The van der Waals surface area contributed by atoms with E-state index in [1.165, 1.54) is 57.9 Å². The summed E-state index contributed by atoms with van der Waals surface area (Å²) in [4.78, 5) is 0. The fourth-order valence-corrected chi connectivity index (χ4v) is 8.35. The lowest BCUT2D eigenvalue weighted by Crippen LogP contribution is -2.52. The first-order valence-electron chi connectivity index (χ1n) is 10.7. The summed E-state index contributed by atoms with van der Waals surface area (Å²) < 4.78 is 0. The molecule has 0 radical (unpaired) electrons. The molecule has 0 aromatic heterocycles. The quantitative estimate of drug-likeness (QED) is 0.707. The Labute approximate surface area is 148 Å². The van der Waals surface area contributed by atoms with Gasteiger partial charge < -0.3 is 10.6 Å². The van der Waals surface area contributed by atoms with Crippen molar-refractivity contribution in [1.29, 1.82) is 0 Å². The molecule has 2 heteroatoms. The number of hydrogen-bond acceptors (Lipinski definition) is 2. The summed E-state index contributed by atoms with van der Waals surface area (Å²) >= 11 is 0. The maximum Gasteiger partial charge on any atom is 0.0102 e. The summed E-state index contributed by atoms with van der Waals surface area (Å²) in [6.07, 6.45) is 14.3. The molecule has 8 unspecified atom stereocenters. The average Bonchev–Trinajstić information content (AvgIpc) is 3.12. The van der Waals surface area contributed by atoms with Gasteiger partial charge in [0.2, 0.25) is 0 Å². The maximum atomic E-state index is 3.86. The Hall–Kier alpha value is -0.340. The molecule has 8 atom stereocenters. The van der Waals surface area contributed by atoms with Crippen molar-refractivity contribution in [3.8, 4) is 0 Å². The zero-order chi connectivity index (χ0) is 16.5. The summed E-state index contributed by atoms with van der Waals surface area (Å²) in [5.41, 5.74) is 3.01. The third-order valence-corrected chi connectivity index (χ3v) is 9.65. The minimum Gasteiger partial charge on any atom is -0.317 e. The lowest BCUT2D eigenvalue weighted by atomic mass is 9.47. The van der Waals surface area contributed by atoms with E-state index in [1.54, 1.807) is 0 Å². The van der Waals surface area contributed by atoms with E-state index in [1.807, 2.05) is 5.57 Å². The van der Waals surface area contributed by atoms with E-state index >= 15 is 0 Å². The second-order valence-corrected chi connectivity index (χ2v) is 10.1. The van der Waals surface area contributed by atoms with Crippen molar-refractivity contribution in [3.05, 3.63) is 11.6 Å². The van der Waals surface area contributed by atoms with Gasteiger partial charge in [-0.3, -0.25) is 0 Å². The highest BCUT2D eigenvalue weighted by atomic mass is 15.0. The number of allylic oxidation sites excluding steroid dienone is 1. The zero-order valence-electron chi connectivity index (χ0n) is 15.9. The lowest BCUT2D eigenvalue weighted by Gasteiger charge is -2.58. The maximum absolute atomic E-state index is 3.86. The van der Waals surface area contributed by atoms with Gasteiger partial charge in [-0.2, -0.15) is 0 Å². The Morgan fingerprint density at radius 3 is 2.75 bits per heavy atom. The van der Waals surface area contributed by atoms with Crippen molar-refractivity contribution < 1.29 is 0 Å². The first-order valence-corrected chi connectivity index (χ1v) is 10.7. The number of hydrogen-bond donors (Lipinski definition) is 2. The summed E-state index contributed by atoms with van der Waals surface area (Å²) in [5, 5.41) is 7.41. The van der Waals surface area contributed by atoms with Crippen molar-refractivity contribution in [2.24, 2.45) is 34.5 Å². The topological polar surface area (TPSA) is 24.1 Å². The third kappa shape index (κ3) is 1.91. The first kappa shape index (κ1) is 15.9. The molecule has 2 nitrogen and oxygen atoms in total. The van der Waals surface area contributed by atoms with E-state index in [4.69, 9.17) is 0 Å². The van der Waals surface area contributed by atoms with Crippen LogP contribution in [0.15, 0.2) is 11.6 Å². The number of nitrogens with one attached hydrogen (secondary N) is 2. The molecule has 1 heterocycles. The summed E-state index contributed by atoms with van der Waals surface area (Å²) in [7, 11) is 2.15. The van der Waals surface area contributed by atoms with Gasteiger partial charge in [0.1, 0.15) is 0 Å². The van der Waals surface area contributed by atoms with E-state index in [2.05, 4.69) is 37.6 Å². The molecule has 0 aromatic rings. The highest BCUT2D eigenvalue weighted by Crippen LogP contribution is 2.67. The molecule has 1 spiro atoms. The Morgan fingerprint density at radius 2 is 1.92 bits per heavy atom. The van der Waals surface area contributed by atoms with Crippen LogP contribution in [0.25, 0.3) is 0 Å². The van der Waals surface area contributed by atoms with Crippen LogP contribution in [0.1, 0.15) is 65.2 Å². The Morgan fingerprint density at radius 1 is 1.08 bits per heavy atom. The third-order valence-electron chi connectivity index (χ3n) is 9.65. The highest BCUT2D eigenvalue weighted by Gasteiger charge is 2.62. The molecule has 2 N–H and O–H groups in total. The number of fused-ring (bicyclic) bond motifs is 4. The van der Waals surface area contributed by atoms with Crippen LogP contribution >= 0.6 is 0 Å². The fourth-order valence-electron chi connectivity index (χ4n) is 8.35. The van der Waals surface area contributed by atoms with E-state index < -0.39 is 0 Å². The van der Waals surface area contributed by atoms with Gasteiger partial charge in [0.15, 0.2) is 0 Å². The van der Waals surface area contributed by atoms with Crippen molar-refractivity contribution in [2.75, 3.05) is 13.6 Å².